The lowest BCUT2D eigenvalue weighted by Gasteiger charge is -2.12. The molecular formula is C16H13NO3S2. The Hall–Kier alpha value is -2.05. The molecule has 0 radical (unpaired) electrons. The van der Waals surface area contributed by atoms with E-state index in [0.29, 0.717) is 21.5 Å². The van der Waals surface area contributed by atoms with E-state index in [9.17, 15) is 4.79 Å². The first-order valence-corrected chi connectivity index (χ1v) is 7.82. The van der Waals surface area contributed by atoms with Gasteiger partial charge in [0, 0.05) is 5.56 Å². The third-order valence-electron chi connectivity index (χ3n) is 3.19. The van der Waals surface area contributed by atoms with Gasteiger partial charge >= 0.3 is 0 Å². The maximum Gasteiger partial charge on any atom is 0.266 e. The van der Waals surface area contributed by atoms with E-state index in [0.717, 1.165) is 11.3 Å². The minimum atomic E-state index is -0.114. The number of hydrogen-bond acceptors (Lipinski definition) is 5. The average molecular weight is 331 g/mol. The molecule has 1 fully saturated rings. The molecule has 1 aromatic carbocycles. The molecule has 1 aliphatic rings. The molecule has 1 saturated heterocycles. The van der Waals surface area contributed by atoms with Crippen molar-refractivity contribution in [3.05, 3.63) is 58.9 Å². The maximum atomic E-state index is 12.5. The third kappa shape index (κ3) is 2.93. The van der Waals surface area contributed by atoms with Crippen LogP contribution in [0.5, 0.6) is 5.75 Å². The number of thioether (sulfide) groups is 1. The molecule has 2 heterocycles. The van der Waals surface area contributed by atoms with Gasteiger partial charge in [0.05, 0.1) is 24.8 Å². The smallest absolute Gasteiger partial charge is 0.266 e. The van der Waals surface area contributed by atoms with Crippen LogP contribution in [0.1, 0.15) is 11.3 Å². The fraction of sp³-hybridized carbons (Fsp3) is 0.125. The second-order valence-electron chi connectivity index (χ2n) is 4.59. The van der Waals surface area contributed by atoms with Crippen LogP contribution < -0.4 is 4.74 Å². The van der Waals surface area contributed by atoms with Gasteiger partial charge in [-0.25, -0.2) is 0 Å². The summed E-state index contributed by atoms with van der Waals surface area (Å²) in [5.74, 6) is 1.31. The van der Waals surface area contributed by atoms with Gasteiger partial charge in [-0.15, -0.1) is 0 Å². The summed E-state index contributed by atoms with van der Waals surface area (Å²) >= 11 is 6.59. The minimum absolute atomic E-state index is 0.114. The number of furan rings is 1. The van der Waals surface area contributed by atoms with E-state index in [-0.39, 0.29) is 5.91 Å². The fourth-order valence-electron chi connectivity index (χ4n) is 2.12. The minimum Gasteiger partial charge on any atom is -0.496 e. The van der Waals surface area contributed by atoms with Crippen molar-refractivity contribution in [3.8, 4) is 5.75 Å². The van der Waals surface area contributed by atoms with E-state index in [1.54, 1.807) is 30.4 Å². The Morgan fingerprint density at radius 1 is 1.32 bits per heavy atom. The lowest BCUT2D eigenvalue weighted by molar-refractivity contribution is -0.122. The second-order valence-corrected chi connectivity index (χ2v) is 6.26. The van der Waals surface area contributed by atoms with E-state index in [1.807, 2.05) is 30.3 Å². The molecule has 1 amide bonds. The van der Waals surface area contributed by atoms with Crippen LogP contribution in [0.2, 0.25) is 0 Å². The van der Waals surface area contributed by atoms with Crippen molar-refractivity contribution in [2.45, 2.75) is 6.54 Å². The number of hydrogen-bond donors (Lipinski definition) is 0. The highest BCUT2D eigenvalue weighted by Gasteiger charge is 2.32. The number of carbonyl (C=O) groups is 1. The van der Waals surface area contributed by atoms with Crippen molar-refractivity contribution in [2.75, 3.05) is 7.11 Å². The normalized spacial score (nSPS) is 16.6. The van der Waals surface area contributed by atoms with E-state index in [2.05, 4.69) is 0 Å². The van der Waals surface area contributed by atoms with E-state index >= 15 is 0 Å². The fourth-order valence-corrected chi connectivity index (χ4v) is 3.37. The summed E-state index contributed by atoms with van der Waals surface area (Å²) in [7, 11) is 1.61. The van der Waals surface area contributed by atoms with Crippen LogP contribution in [0.4, 0.5) is 0 Å². The lowest BCUT2D eigenvalue weighted by atomic mass is 10.2. The zero-order valence-corrected chi connectivity index (χ0v) is 13.4. The van der Waals surface area contributed by atoms with E-state index in [4.69, 9.17) is 21.4 Å². The summed E-state index contributed by atoms with van der Waals surface area (Å²) in [5.41, 5.74) is 0.850. The molecular weight excluding hydrogens is 318 g/mol. The molecule has 112 valence electrons. The molecule has 4 nitrogen and oxygen atoms in total. The molecule has 0 unspecified atom stereocenters. The summed E-state index contributed by atoms with van der Waals surface area (Å²) in [6.07, 6.45) is 3.39. The summed E-state index contributed by atoms with van der Waals surface area (Å²) < 4.78 is 11.1. The first kappa shape index (κ1) is 14.9. The van der Waals surface area contributed by atoms with Crippen LogP contribution in [0.3, 0.4) is 0 Å². The molecule has 1 aromatic heterocycles. The number of benzene rings is 1. The number of nitrogens with zero attached hydrogens (tertiary/aromatic N) is 1. The Bertz CT molecular complexity index is 738. The monoisotopic (exact) mass is 331 g/mol. The molecule has 0 saturated carbocycles. The SMILES string of the molecule is COc1ccccc1C=C1SC(=S)N(Cc2ccco2)C1=O. The number of rotatable bonds is 4. The van der Waals surface area contributed by atoms with E-state index < -0.39 is 0 Å². The number of ether oxygens (including phenoxy) is 1. The Balaban J connectivity index is 1.85. The molecule has 0 bridgehead atoms. The summed E-state index contributed by atoms with van der Waals surface area (Å²) in [5, 5.41) is 0. The predicted octanol–water partition coefficient (Wildman–Crippen LogP) is 3.69. The Morgan fingerprint density at radius 3 is 2.86 bits per heavy atom. The van der Waals surface area contributed by atoms with Crippen LogP contribution in [-0.4, -0.2) is 22.2 Å². The molecule has 2 aromatic rings. The molecule has 0 atom stereocenters. The first-order valence-electron chi connectivity index (χ1n) is 6.60. The van der Waals surface area contributed by atoms with Crippen molar-refractivity contribution >= 4 is 40.3 Å². The number of methoxy groups -OCH3 is 1. The summed E-state index contributed by atoms with van der Waals surface area (Å²) in [6, 6.07) is 11.2. The zero-order chi connectivity index (χ0) is 15.5. The van der Waals surface area contributed by atoms with Gasteiger partial charge in [0.25, 0.3) is 5.91 Å². The van der Waals surface area contributed by atoms with Crippen molar-refractivity contribution in [1.82, 2.24) is 4.90 Å². The van der Waals surface area contributed by atoms with Crippen molar-refractivity contribution in [2.24, 2.45) is 0 Å². The number of thiocarbonyl (C=S) groups is 1. The number of para-hydroxylation sites is 1. The maximum absolute atomic E-state index is 12.5. The molecule has 6 heteroatoms. The summed E-state index contributed by atoms with van der Waals surface area (Å²) in [4.78, 5) is 14.6. The Morgan fingerprint density at radius 2 is 2.14 bits per heavy atom. The molecule has 0 spiro atoms. The van der Waals surface area contributed by atoms with Gasteiger partial charge in [-0.1, -0.05) is 42.2 Å². The van der Waals surface area contributed by atoms with Crippen molar-refractivity contribution in [3.63, 3.8) is 0 Å². The highest BCUT2D eigenvalue weighted by Crippen LogP contribution is 2.35. The Kier molecular flexibility index (Phi) is 4.31. The highest BCUT2D eigenvalue weighted by atomic mass is 32.2. The lowest BCUT2D eigenvalue weighted by Crippen LogP contribution is -2.27. The second kappa shape index (κ2) is 6.37. The van der Waals surface area contributed by atoms with Gasteiger partial charge < -0.3 is 9.15 Å². The predicted molar refractivity (Wildman–Crippen MR) is 90.4 cm³/mol. The van der Waals surface area contributed by atoms with Gasteiger partial charge in [-0.2, -0.15) is 0 Å². The first-order chi connectivity index (χ1) is 10.7. The largest absolute Gasteiger partial charge is 0.496 e. The molecule has 22 heavy (non-hydrogen) atoms. The third-order valence-corrected chi connectivity index (χ3v) is 4.57. The average Bonchev–Trinajstić information content (AvgIpc) is 3.12. The summed E-state index contributed by atoms with van der Waals surface area (Å²) in [6.45, 7) is 0.348. The molecule has 1 aliphatic heterocycles. The van der Waals surface area contributed by atoms with Crippen LogP contribution in [-0.2, 0) is 11.3 Å². The zero-order valence-electron chi connectivity index (χ0n) is 11.8. The van der Waals surface area contributed by atoms with Crippen molar-refractivity contribution in [1.29, 1.82) is 0 Å². The van der Waals surface area contributed by atoms with Crippen LogP contribution >= 0.6 is 24.0 Å². The van der Waals surface area contributed by atoms with Crippen LogP contribution in [0.15, 0.2) is 52.0 Å². The Labute approximate surface area is 137 Å². The van der Waals surface area contributed by atoms with Gasteiger partial charge in [-0.05, 0) is 24.3 Å². The van der Waals surface area contributed by atoms with Gasteiger partial charge in [0.2, 0.25) is 0 Å². The topological polar surface area (TPSA) is 42.7 Å². The molecule has 3 rings (SSSR count). The standard InChI is InChI=1S/C16H13NO3S2/c1-19-13-7-3-2-5-11(13)9-14-15(18)17(16(21)22-14)10-12-6-4-8-20-12/h2-9H,10H2,1H3. The van der Waals surface area contributed by atoms with E-state index in [1.165, 1.54) is 11.8 Å². The van der Waals surface area contributed by atoms with Crippen LogP contribution in [0, 0.1) is 0 Å². The van der Waals surface area contributed by atoms with Crippen LogP contribution in [0.25, 0.3) is 6.08 Å². The number of amides is 1. The molecule has 0 N–H and O–H groups in total. The highest BCUT2D eigenvalue weighted by molar-refractivity contribution is 8.26. The molecule has 0 aliphatic carbocycles. The quantitative estimate of drug-likeness (QED) is 0.631. The van der Waals surface area contributed by atoms with Gasteiger partial charge in [0.15, 0.2) is 0 Å². The van der Waals surface area contributed by atoms with Gasteiger partial charge in [-0.3, -0.25) is 9.69 Å². The van der Waals surface area contributed by atoms with Crippen molar-refractivity contribution < 1.29 is 13.9 Å². The van der Waals surface area contributed by atoms with Gasteiger partial charge in [0.1, 0.15) is 15.8 Å². The number of carbonyl (C=O) groups excluding carboxylic acids is 1.